The van der Waals surface area contributed by atoms with Gasteiger partial charge in [-0.05, 0) is 59.2 Å². The molecular weight excluding hydrogens is 340 g/mol. The van der Waals surface area contributed by atoms with Crippen molar-refractivity contribution in [2.75, 3.05) is 6.54 Å². The highest BCUT2D eigenvalue weighted by Gasteiger charge is 2.12. The van der Waals surface area contributed by atoms with Gasteiger partial charge >= 0.3 is 0 Å². The van der Waals surface area contributed by atoms with E-state index in [-0.39, 0.29) is 17.5 Å². The van der Waals surface area contributed by atoms with Crippen molar-refractivity contribution in [3.8, 4) is 11.5 Å². The zero-order chi connectivity index (χ0) is 15.4. The molecule has 1 atom stereocenters. The Balaban J connectivity index is 2.23. The van der Waals surface area contributed by atoms with Gasteiger partial charge < -0.3 is 10.1 Å². The normalized spacial score (nSPS) is 12.2. The summed E-state index contributed by atoms with van der Waals surface area (Å²) in [6.45, 7) is 4.76. The molecule has 0 aromatic heterocycles. The van der Waals surface area contributed by atoms with Gasteiger partial charge in [0.25, 0.3) is 0 Å². The molecule has 0 amide bonds. The molecule has 112 valence electrons. The molecule has 0 radical (unpaired) electrons. The Morgan fingerprint density at radius 3 is 2.57 bits per heavy atom. The van der Waals surface area contributed by atoms with E-state index < -0.39 is 11.6 Å². The number of benzene rings is 2. The van der Waals surface area contributed by atoms with E-state index in [1.807, 2.05) is 13.8 Å². The van der Waals surface area contributed by atoms with Crippen LogP contribution in [-0.4, -0.2) is 6.54 Å². The SMILES string of the molecule is CCNC(C)c1ccc(Oc2cc(F)ccc2Br)c(F)c1. The quantitative estimate of drug-likeness (QED) is 0.796. The van der Waals surface area contributed by atoms with E-state index in [9.17, 15) is 8.78 Å². The number of rotatable bonds is 5. The van der Waals surface area contributed by atoms with Crippen LogP contribution in [0.5, 0.6) is 11.5 Å². The lowest BCUT2D eigenvalue weighted by Crippen LogP contribution is -2.17. The zero-order valence-electron chi connectivity index (χ0n) is 11.8. The third kappa shape index (κ3) is 4.02. The molecule has 0 heterocycles. The summed E-state index contributed by atoms with van der Waals surface area (Å²) in [7, 11) is 0. The summed E-state index contributed by atoms with van der Waals surface area (Å²) in [4.78, 5) is 0. The van der Waals surface area contributed by atoms with Crippen LogP contribution in [0.1, 0.15) is 25.5 Å². The van der Waals surface area contributed by atoms with Crippen LogP contribution in [0, 0.1) is 11.6 Å². The lowest BCUT2D eigenvalue weighted by molar-refractivity contribution is 0.435. The molecule has 0 aliphatic rings. The predicted molar refractivity (Wildman–Crippen MR) is 82.7 cm³/mol. The molecule has 1 unspecified atom stereocenters. The highest BCUT2D eigenvalue weighted by atomic mass is 79.9. The Bertz CT molecular complexity index is 634. The third-order valence-corrected chi connectivity index (χ3v) is 3.73. The first-order valence-corrected chi connectivity index (χ1v) is 7.46. The molecule has 0 spiro atoms. The average Bonchev–Trinajstić information content (AvgIpc) is 2.45. The highest BCUT2D eigenvalue weighted by Crippen LogP contribution is 2.32. The second kappa shape index (κ2) is 7.00. The minimum Gasteiger partial charge on any atom is -0.453 e. The molecule has 5 heteroatoms. The second-order valence-corrected chi connectivity index (χ2v) is 5.50. The van der Waals surface area contributed by atoms with Crippen molar-refractivity contribution in [2.24, 2.45) is 0 Å². The van der Waals surface area contributed by atoms with E-state index >= 15 is 0 Å². The van der Waals surface area contributed by atoms with Gasteiger partial charge in [-0.15, -0.1) is 0 Å². The lowest BCUT2D eigenvalue weighted by atomic mass is 10.1. The monoisotopic (exact) mass is 355 g/mol. The van der Waals surface area contributed by atoms with Gasteiger partial charge in [-0.1, -0.05) is 13.0 Å². The van der Waals surface area contributed by atoms with E-state index in [4.69, 9.17) is 4.74 Å². The first-order valence-electron chi connectivity index (χ1n) is 6.67. The van der Waals surface area contributed by atoms with E-state index in [0.29, 0.717) is 4.47 Å². The Morgan fingerprint density at radius 2 is 1.90 bits per heavy atom. The molecule has 0 aliphatic carbocycles. The number of hydrogen-bond donors (Lipinski definition) is 1. The summed E-state index contributed by atoms with van der Waals surface area (Å²) in [5, 5.41) is 3.21. The van der Waals surface area contributed by atoms with Crippen molar-refractivity contribution in [2.45, 2.75) is 19.9 Å². The fourth-order valence-corrected chi connectivity index (χ4v) is 2.29. The second-order valence-electron chi connectivity index (χ2n) is 4.65. The first kappa shape index (κ1) is 15.9. The molecule has 21 heavy (non-hydrogen) atoms. The minimum absolute atomic E-state index is 0.0551. The van der Waals surface area contributed by atoms with Gasteiger partial charge in [0.15, 0.2) is 11.6 Å². The molecule has 1 N–H and O–H groups in total. The maximum atomic E-state index is 14.1. The summed E-state index contributed by atoms with van der Waals surface area (Å²) >= 11 is 3.25. The first-order chi connectivity index (χ1) is 10.0. The van der Waals surface area contributed by atoms with Crippen LogP contribution >= 0.6 is 15.9 Å². The van der Waals surface area contributed by atoms with E-state index in [0.717, 1.165) is 12.1 Å². The molecule has 0 fully saturated rings. The van der Waals surface area contributed by atoms with E-state index in [1.165, 1.54) is 24.3 Å². The summed E-state index contributed by atoms with van der Waals surface area (Å²) < 4.78 is 33.3. The molecule has 2 aromatic carbocycles. The Kier molecular flexibility index (Phi) is 5.31. The van der Waals surface area contributed by atoms with Crippen LogP contribution in [0.4, 0.5) is 8.78 Å². The molecule has 0 saturated carbocycles. The van der Waals surface area contributed by atoms with E-state index in [1.54, 1.807) is 12.1 Å². The average molecular weight is 356 g/mol. The molecule has 0 bridgehead atoms. The van der Waals surface area contributed by atoms with Crippen molar-refractivity contribution >= 4 is 15.9 Å². The van der Waals surface area contributed by atoms with Gasteiger partial charge in [-0.25, -0.2) is 8.78 Å². The molecule has 0 saturated heterocycles. The van der Waals surface area contributed by atoms with Crippen LogP contribution < -0.4 is 10.1 Å². The number of halogens is 3. The predicted octanol–water partition coefficient (Wildman–Crippen LogP) is 5.19. The smallest absolute Gasteiger partial charge is 0.166 e. The van der Waals surface area contributed by atoms with E-state index in [2.05, 4.69) is 21.2 Å². The van der Waals surface area contributed by atoms with Crippen molar-refractivity contribution in [1.29, 1.82) is 0 Å². The maximum absolute atomic E-state index is 14.1. The van der Waals surface area contributed by atoms with Crippen molar-refractivity contribution < 1.29 is 13.5 Å². The molecule has 2 nitrogen and oxygen atoms in total. The fourth-order valence-electron chi connectivity index (χ4n) is 1.97. The summed E-state index contributed by atoms with van der Waals surface area (Å²) in [5.74, 6) is -0.616. The number of nitrogens with one attached hydrogen (secondary N) is 1. The Morgan fingerprint density at radius 1 is 1.14 bits per heavy atom. The minimum atomic E-state index is -0.478. The molecular formula is C16H16BrF2NO. The van der Waals surface area contributed by atoms with Crippen LogP contribution in [-0.2, 0) is 0 Å². The topological polar surface area (TPSA) is 21.3 Å². The number of hydrogen-bond acceptors (Lipinski definition) is 2. The standard InChI is InChI=1S/C16H16BrF2NO/c1-3-20-10(2)11-4-7-15(14(19)8-11)21-16-9-12(18)5-6-13(16)17/h4-10,20H,3H2,1-2H3. The Hall–Kier alpha value is -1.46. The number of ether oxygens (including phenoxy) is 1. The van der Waals surface area contributed by atoms with Gasteiger partial charge in [-0.3, -0.25) is 0 Å². The summed E-state index contributed by atoms with van der Waals surface area (Å²) in [6, 6.07) is 8.85. The van der Waals surface area contributed by atoms with Gasteiger partial charge in [0, 0.05) is 12.1 Å². The Labute approximate surface area is 131 Å². The fraction of sp³-hybridized carbons (Fsp3) is 0.250. The van der Waals surface area contributed by atoms with Crippen LogP contribution in [0.15, 0.2) is 40.9 Å². The third-order valence-electron chi connectivity index (χ3n) is 3.08. The molecule has 2 aromatic rings. The van der Waals surface area contributed by atoms with Crippen LogP contribution in [0.3, 0.4) is 0 Å². The van der Waals surface area contributed by atoms with Gasteiger partial charge in [0.1, 0.15) is 11.6 Å². The van der Waals surface area contributed by atoms with Crippen molar-refractivity contribution in [3.05, 3.63) is 58.1 Å². The largest absolute Gasteiger partial charge is 0.453 e. The van der Waals surface area contributed by atoms with Gasteiger partial charge in [0.05, 0.1) is 4.47 Å². The van der Waals surface area contributed by atoms with Crippen molar-refractivity contribution in [1.82, 2.24) is 5.32 Å². The maximum Gasteiger partial charge on any atom is 0.166 e. The summed E-state index contributed by atoms with van der Waals surface area (Å²) in [6.07, 6.45) is 0. The van der Waals surface area contributed by atoms with Gasteiger partial charge in [-0.2, -0.15) is 0 Å². The zero-order valence-corrected chi connectivity index (χ0v) is 13.4. The molecule has 0 aliphatic heterocycles. The summed E-state index contributed by atoms with van der Waals surface area (Å²) in [5.41, 5.74) is 0.833. The van der Waals surface area contributed by atoms with Gasteiger partial charge in [0.2, 0.25) is 0 Å². The highest BCUT2D eigenvalue weighted by molar-refractivity contribution is 9.10. The van der Waals surface area contributed by atoms with Crippen LogP contribution in [0.2, 0.25) is 0 Å². The lowest BCUT2D eigenvalue weighted by Gasteiger charge is -2.14. The van der Waals surface area contributed by atoms with Crippen LogP contribution in [0.25, 0.3) is 0 Å². The molecule has 2 rings (SSSR count). The van der Waals surface area contributed by atoms with Crippen molar-refractivity contribution in [3.63, 3.8) is 0 Å².